The molecule has 0 amide bonds. The third-order valence-electron chi connectivity index (χ3n) is 10.4. The third-order valence-corrected chi connectivity index (χ3v) is 12.5. The van der Waals surface area contributed by atoms with E-state index < -0.39 is 35.4 Å². The summed E-state index contributed by atoms with van der Waals surface area (Å²) in [5.74, 6) is -1.67. The van der Waals surface area contributed by atoms with Crippen molar-refractivity contribution in [2.45, 2.75) is 58.5 Å². The molecule has 2 fully saturated rings. The van der Waals surface area contributed by atoms with Crippen LogP contribution in [0.5, 0.6) is 0 Å². The molecule has 53 heavy (non-hydrogen) atoms. The van der Waals surface area contributed by atoms with Gasteiger partial charge in [0.25, 0.3) is 5.69 Å². The van der Waals surface area contributed by atoms with Crippen molar-refractivity contribution in [1.29, 1.82) is 0 Å². The summed E-state index contributed by atoms with van der Waals surface area (Å²) >= 11 is 0. The van der Waals surface area contributed by atoms with Gasteiger partial charge in [-0.05, 0) is 49.9 Å². The molecule has 2 N–H and O–H groups in total. The zero-order valence-corrected chi connectivity index (χ0v) is 31.8. The van der Waals surface area contributed by atoms with Crippen LogP contribution in [0.3, 0.4) is 0 Å². The lowest BCUT2D eigenvalue weighted by Gasteiger charge is -2.52. The molecule has 6 rings (SSSR count). The highest BCUT2D eigenvalue weighted by molar-refractivity contribution is 7.58. The first-order valence-electron chi connectivity index (χ1n) is 18.0. The average Bonchev–Trinajstić information content (AvgIpc) is 3.16. The second kappa shape index (κ2) is 16.0. The summed E-state index contributed by atoms with van der Waals surface area (Å²) < 4.78 is 39.4. The molecule has 0 saturated carbocycles. The molecule has 12 nitrogen and oxygen atoms in total. The Labute approximate surface area is 311 Å². The molecule has 0 aliphatic carbocycles. The first-order chi connectivity index (χ1) is 25.4. The van der Waals surface area contributed by atoms with Gasteiger partial charge in [0.15, 0.2) is 0 Å². The SMILES string of the molecule is CC1=C(C(=O)OCCN(Cc2ccccc2)c2ccccc2)C(c2cccc([N+](=O)[O-])c2)C(P2(=O)OCC(C)(C)CO2)=C(C)N1C1(CN)CCOCC1. The van der Waals surface area contributed by atoms with E-state index in [0.717, 1.165) is 11.3 Å². The molecule has 0 spiro atoms. The molecule has 13 heteroatoms. The molecule has 3 aliphatic rings. The molecule has 0 bridgehead atoms. The number of carbonyl (C=O) groups is 1. The van der Waals surface area contributed by atoms with Crippen LogP contribution in [0, 0.1) is 15.5 Å². The Morgan fingerprint density at radius 1 is 0.981 bits per heavy atom. The number of hydrogen-bond acceptors (Lipinski definition) is 11. The van der Waals surface area contributed by atoms with Crippen LogP contribution < -0.4 is 10.6 Å². The van der Waals surface area contributed by atoms with Crippen molar-refractivity contribution in [2.75, 3.05) is 51.0 Å². The zero-order chi connectivity index (χ0) is 37.8. The lowest BCUT2D eigenvalue weighted by Crippen LogP contribution is -2.57. The van der Waals surface area contributed by atoms with Crippen molar-refractivity contribution in [2.24, 2.45) is 11.1 Å². The predicted octanol–water partition coefficient (Wildman–Crippen LogP) is 7.52. The number of ether oxygens (including phenoxy) is 2. The molecular formula is C40H49N4O8P. The number of benzene rings is 3. The Morgan fingerprint density at radius 2 is 1.62 bits per heavy atom. The van der Waals surface area contributed by atoms with Crippen molar-refractivity contribution in [1.82, 2.24) is 4.90 Å². The number of rotatable bonds is 12. The van der Waals surface area contributed by atoms with Crippen LogP contribution in [0.25, 0.3) is 0 Å². The Morgan fingerprint density at radius 3 is 2.25 bits per heavy atom. The number of allylic oxidation sites excluding steroid dienone is 3. The maximum absolute atomic E-state index is 15.1. The molecule has 0 aromatic heterocycles. The molecule has 3 heterocycles. The van der Waals surface area contributed by atoms with Crippen LogP contribution in [-0.2, 0) is 34.4 Å². The van der Waals surface area contributed by atoms with Gasteiger partial charge in [0.2, 0.25) is 0 Å². The number of non-ortho nitro benzene ring substituents is 1. The molecular weight excluding hydrogens is 695 g/mol. The Kier molecular flexibility index (Phi) is 11.6. The molecule has 3 aliphatic heterocycles. The number of anilines is 1. The van der Waals surface area contributed by atoms with Gasteiger partial charge in [-0.3, -0.25) is 14.7 Å². The van der Waals surface area contributed by atoms with E-state index in [4.69, 9.17) is 24.3 Å². The van der Waals surface area contributed by atoms with Crippen molar-refractivity contribution in [3.63, 3.8) is 0 Å². The lowest BCUT2D eigenvalue weighted by atomic mass is 9.80. The van der Waals surface area contributed by atoms with Crippen molar-refractivity contribution in [3.8, 4) is 0 Å². The molecule has 3 aromatic rings. The minimum Gasteiger partial charge on any atom is -0.460 e. The topological polar surface area (TPSA) is 147 Å². The Balaban J connectivity index is 1.44. The second-order valence-electron chi connectivity index (χ2n) is 14.7. The third kappa shape index (κ3) is 8.12. The summed E-state index contributed by atoms with van der Waals surface area (Å²) in [5, 5.41) is 12.3. The van der Waals surface area contributed by atoms with Crippen molar-refractivity contribution >= 4 is 24.9 Å². The van der Waals surface area contributed by atoms with Crippen molar-refractivity contribution in [3.05, 3.63) is 128 Å². The van der Waals surface area contributed by atoms with E-state index in [1.807, 2.05) is 81.1 Å². The normalized spacial score (nSPS) is 20.9. The first kappa shape index (κ1) is 38.4. The van der Waals surface area contributed by atoms with Gasteiger partial charge >= 0.3 is 13.6 Å². The van der Waals surface area contributed by atoms with E-state index in [9.17, 15) is 14.9 Å². The van der Waals surface area contributed by atoms with Gasteiger partial charge in [-0.15, -0.1) is 0 Å². The van der Waals surface area contributed by atoms with Crippen LogP contribution in [0.4, 0.5) is 11.4 Å². The van der Waals surface area contributed by atoms with Crippen LogP contribution in [0.1, 0.15) is 57.6 Å². The monoisotopic (exact) mass is 744 g/mol. The van der Waals surface area contributed by atoms with Crippen LogP contribution in [0.2, 0.25) is 0 Å². The number of para-hydroxylation sites is 1. The maximum atomic E-state index is 15.1. The van der Waals surface area contributed by atoms with Gasteiger partial charge in [0.05, 0.1) is 47.0 Å². The van der Waals surface area contributed by atoms with Gasteiger partial charge in [-0.25, -0.2) is 4.79 Å². The van der Waals surface area contributed by atoms with Crippen LogP contribution >= 0.6 is 7.60 Å². The summed E-state index contributed by atoms with van der Waals surface area (Å²) in [7, 11) is -4.09. The number of nitro benzene ring substituents is 1. The Hall–Kier alpha value is -4.32. The molecule has 2 saturated heterocycles. The zero-order valence-electron chi connectivity index (χ0n) is 30.9. The fourth-order valence-corrected chi connectivity index (χ4v) is 10.1. The summed E-state index contributed by atoms with van der Waals surface area (Å²) in [6.45, 7) is 10.0. The molecule has 1 unspecified atom stereocenters. The predicted molar refractivity (Wildman–Crippen MR) is 203 cm³/mol. The van der Waals surface area contributed by atoms with Crippen LogP contribution in [-0.4, -0.2) is 67.5 Å². The maximum Gasteiger partial charge on any atom is 0.360 e. The molecule has 282 valence electrons. The van der Waals surface area contributed by atoms with E-state index >= 15 is 4.57 Å². The van der Waals surface area contributed by atoms with E-state index in [1.165, 1.54) is 12.1 Å². The summed E-state index contributed by atoms with van der Waals surface area (Å²) in [5.41, 5.74) is 9.13. The van der Waals surface area contributed by atoms with Gasteiger partial charge in [0.1, 0.15) is 6.61 Å². The fourth-order valence-electron chi connectivity index (χ4n) is 7.59. The molecule has 0 radical (unpaired) electrons. The van der Waals surface area contributed by atoms with Gasteiger partial charge in [-0.1, -0.05) is 74.5 Å². The van der Waals surface area contributed by atoms with E-state index in [2.05, 4.69) is 17.0 Å². The highest BCUT2D eigenvalue weighted by Crippen LogP contribution is 2.68. The summed E-state index contributed by atoms with van der Waals surface area (Å²) in [4.78, 5) is 30.4. The van der Waals surface area contributed by atoms with Crippen molar-refractivity contribution < 1.29 is 32.8 Å². The lowest BCUT2D eigenvalue weighted by molar-refractivity contribution is -0.384. The van der Waals surface area contributed by atoms with Gasteiger partial charge in [-0.2, -0.15) is 0 Å². The smallest absolute Gasteiger partial charge is 0.360 e. The minimum absolute atomic E-state index is 0.0335. The molecule has 3 aromatic carbocycles. The number of hydrogen-bond donors (Lipinski definition) is 1. The van der Waals surface area contributed by atoms with Crippen LogP contribution in [0.15, 0.2) is 107 Å². The standard InChI is InChI=1S/C40H49N4O8P/c1-29-35(38(45)50-23-20-42(33-15-9-6-10-16-33)25-31-12-7-5-8-13-31)36(32-14-11-17-34(24-32)44(46)47)37(53(48)51-27-39(3,4)28-52-53)30(2)43(29)40(26-41)18-21-49-22-19-40/h5-17,24,36H,18-23,25-28,41H2,1-4H3. The highest BCUT2D eigenvalue weighted by atomic mass is 31.2. The number of nitrogens with zero attached hydrogens (tertiary/aromatic N) is 3. The minimum atomic E-state index is -4.09. The van der Waals surface area contributed by atoms with Gasteiger partial charge in [0, 0.05) is 60.9 Å². The molecule has 1 atom stereocenters. The first-order valence-corrected chi connectivity index (χ1v) is 19.6. The quantitative estimate of drug-likeness (QED) is 0.0850. The number of esters is 1. The second-order valence-corrected chi connectivity index (χ2v) is 16.7. The fraction of sp³-hybridized carbons (Fsp3) is 0.425. The number of carbonyl (C=O) groups excluding carboxylic acids is 1. The van der Waals surface area contributed by atoms with E-state index in [-0.39, 0.29) is 42.9 Å². The highest BCUT2D eigenvalue weighted by Gasteiger charge is 2.52. The number of nitro groups is 1. The van der Waals surface area contributed by atoms with Gasteiger partial charge < -0.3 is 34.1 Å². The summed E-state index contributed by atoms with van der Waals surface area (Å²) in [6.07, 6.45) is 1.11. The average molecular weight is 745 g/mol. The largest absolute Gasteiger partial charge is 0.460 e. The summed E-state index contributed by atoms with van der Waals surface area (Å²) in [6, 6.07) is 26.0. The van der Waals surface area contributed by atoms with E-state index in [1.54, 1.807) is 12.1 Å². The number of nitrogens with two attached hydrogens (primary N) is 1. The van der Waals surface area contributed by atoms with E-state index in [0.29, 0.717) is 56.1 Å². The Bertz CT molecular complexity index is 1900.